The molecule has 2 aliphatic heterocycles. The number of fused-ring (bicyclic) bond motifs is 1. The molecule has 0 aliphatic carbocycles. The predicted octanol–water partition coefficient (Wildman–Crippen LogP) is 1.88. The van der Waals surface area contributed by atoms with Crippen molar-refractivity contribution in [3.8, 4) is 0 Å². The molecule has 0 saturated carbocycles. The molecule has 0 radical (unpaired) electrons. The van der Waals surface area contributed by atoms with Crippen LogP contribution >= 0.6 is 0 Å². The van der Waals surface area contributed by atoms with Crippen molar-refractivity contribution in [3.63, 3.8) is 0 Å². The van der Waals surface area contributed by atoms with Gasteiger partial charge in [-0.15, -0.1) is 0 Å². The van der Waals surface area contributed by atoms with Gasteiger partial charge in [-0.2, -0.15) is 0 Å². The first-order valence-electron chi connectivity index (χ1n) is 5.74. The third-order valence-electron chi connectivity index (χ3n) is 3.23. The third kappa shape index (κ3) is 1.57. The molecule has 1 aromatic rings. The van der Waals surface area contributed by atoms with Crippen LogP contribution in [-0.4, -0.2) is 24.6 Å². The van der Waals surface area contributed by atoms with E-state index >= 15 is 0 Å². The molecule has 82 valence electrons. The number of benzene rings is 1. The van der Waals surface area contributed by atoms with E-state index in [4.69, 9.17) is 0 Å². The van der Waals surface area contributed by atoms with Gasteiger partial charge in [-0.1, -0.05) is 29.8 Å². The van der Waals surface area contributed by atoms with Crippen molar-refractivity contribution < 1.29 is 0 Å². The van der Waals surface area contributed by atoms with Crippen LogP contribution in [0.25, 0.3) is 0 Å². The number of hydrogen-bond acceptors (Lipinski definition) is 3. The average molecular weight is 213 g/mol. The van der Waals surface area contributed by atoms with Gasteiger partial charge in [0, 0.05) is 0 Å². The summed E-state index contributed by atoms with van der Waals surface area (Å²) < 4.78 is 0. The number of aryl methyl sites for hydroxylation is 1. The fourth-order valence-electron chi connectivity index (χ4n) is 2.44. The standard InChI is InChI=1S/C13H15N3/c1-9-3-2-4-10(7-9)12-13-11(5-6-14-12)15-8-16-13/h2-4,7-8,11-12,14H,5-6H2,1H3. The Balaban J connectivity index is 1.95. The minimum absolute atomic E-state index is 0.251. The van der Waals surface area contributed by atoms with Gasteiger partial charge in [0.1, 0.15) is 6.34 Å². The lowest BCUT2D eigenvalue weighted by Gasteiger charge is -2.28. The molecule has 3 heteroatoms. The van der Waals surface area contributed by atoms with Crippen LogP contribution in [0.4, 0.5) is 0 Å². The van der Waals surface area contributed by atoms with Crippen molar-refractivity contribution in [2.24, 2.45) is 9.98 Å². The van der Waals surface area contributed by atoms with Gasteiger partial charge in [0.05, 0.1) is 17.8 Å². The summed E-state index contributed by atoms with van der Waals surface area (Å²) in [6.45, 7) is 3.14. The van der Waals surface area contributed by atoms with Crippen LogP contribution in [0, 0.1) is 6.92 Å². The lowest BCUT2D eigenvalue weighted by atomic mass is 9.91. The number of hydrogen-bond donors (Lipinski definition) is 1. The van der Waals surface area contributed by atoms with Crippen LogP contribution in [0.1, 0.15) is 23.6 Å². The summed E-state index contributed by atoms with van der Waals surface area (Å²) in [6.07, 6.45) is 2.77. The summed E-state index contributed by atoms with van der Waals surface area (Å²) in [6, 6.07) is 9.17. The maximum atomic E-state index is 4.41. The number of rotatable bonds is 1. The topological polar surface area (TPSA) is 36.8 Å². The fraction of sp³-hybridized carbons (Fsp3) is 0.385. The Labute approximate surface area is 95.3 Å². The molecule has 0 aromatic heterocycles. The van der Waals surface area contributed by atoms with Gasteiger partial charge < -0.3 is 5.32 Å². The van der Waals surface area contributed by atoms with E-state index in [0.29, 0.717) is 6.04 Å². The molecule has 2 aliphatic rings. The molecule has 1 N–H and O–H groups in total. The summed E-state index contributed by atoms with van der Waals surface area (Å²) in [5.74, 6) is 0. The second kappa shape index (κ2) is 3.83. The van der Waals surface area contributed by atoms with Crippen molar-refractivity contribution in [2.75, 3.05) is 6.54 Å². The molecule has 1 saturated heterocycles. The minimum atomic E-state index is 0.251. The summed E-state index contributed by atoms with van der Waals surface area (Å²) in [5, 5.41) is 3.52. The minimum Gasteiger partial charge on any atom is -0.305 e. The van der Waals surface area contributed by atoms with Crippen LogP contribution in [-0.2, 0) is 0 Å². The highest BCUT2D eigenvalue weighted by Crippen LogP contribution is 2.25. The van der Waals surface area contributed by atoms with E-state index in [-0.39, 0.29) is 6.04 Å². The first kappa shape index (κ1) is 9.73. The van der Waals surface area contributed by atoms with E-state index in [9.17, 15) is 0 Å². The maximum Gasteiger partial charge on any atom is 0.110 e. The smallest absolute Gasteiger partial charge is 0.110 e. The molecule has 3 nitrogen and oxygen atoms in total. The van der Waals surface area contributed by atoms with Gasteiger partial charge >= 0.3 is 0 Å². The van der Waals surface area contributed by atoms with E-state index in [1.807, 2.05) is 0 Å². The lowest BCUT2D eigenvalue weighted by molar-refractivity contribution is 0.546. The molecular weight excluding hydrogens is 198 g/mol. The Morgan fingerprint density at radius 1 is 1.38 bits per heavy atom. The van der Waals surface area contributed by atoms with E-state index in [2.05, 4.69) is 46.5 Å². The maximum absolute atomic E-state index is 4.41. The molecule has 1 fully saturated rings. The zero-order chi connectivity index (χ0) is 11.0. The van der Waals surface area contributed by atoms with Crippen LogP contribution in [0.15, 0.2) is 34.3 Å². The van der Waals surface area contributed by atoms with Gasteiger partial charge in [-0.3, -0.25) is 4.99 Å². The Kier molecular flexibility index (Phi) is 2.33. The van der Waals surface area contributed by atoms with E-state index in [1.54, 1.807) is 6.34 Å². The Morgan fingerprint density at radius 2 is 2.31 bits per heavy atom. The third-order valence-corrected chi connectivity index (χ3v) is 3.23. The number of nitrogens with one attached hydrogen (secondary N) is 1. The molecule has 2 atom stereocenters. The molecule has 0 amide bonds. The summed E-state index contributed by atoms with van der Waals surface area (Å²) in [7, 11) is 0. The number of nitrogens with zero attached hydrogens (tertiary/aromatic N) is 2. The largest absolute Gasteiger partial charge is 0.305 e. The second-order valence-electron chi connectivity index (χ2n) is 4.42. The highest BCUT2D eigenvalue weighted by Gasteiger charge is 2.31. The van der Waals surface area contributed by atoms with Crippen molar-refractivity contribution in [1.29, 1.82) is 0 Å². The Morgan fingerprint density at radius 3 is 3.19 bits per heavy atom. The Bertz CT molecular complexity index is 462. The summed E-state index contributed by atoms with van der Waals surface area (Å²) in [5.41, 5.74) is 3.77. The number of piperidine rings is 1. The van der Waals surface area contributed by atoms with Crippen LogP contribution in [0.2, 0.25) is 0 Å². The molecule has 1 aromatic carbocycles. The zero-order valence-corrected chi connectivity index (χ0v) is 9.35. The molecule has 0 bridgehead atoms. The van der Waals surface area contributed by atoms with Crippen LogP contribution in [0.3, 0.4) is 0 Å². The van der Waals surface area contributed by atoms with Gasteiger partial charge in [0.15, 0.2) is 0 Å². The second-order valence-corrected chi connectivity index (χ2v) is 4.42. The predicted molar refractivity (Wildman–Crippen MR) is 66.3 cm³/mol. The summed E-state index contributed by atoms with van der Waals surface area (Å²) >= 11 is 0. The first-order chi connectivity index (χ1) is 7.84. The van der Waals surface area contributed by atoms with Crippen molar-refractivity contribution in [1.82, 2.24) is 5.32 Å². The SMILES string of the molecule is Cc1cccc(C2NCCC3N=CN=C32)c1. The van der Waals surface area contributed by atoms with Crippen molar-refractivity contribution in [2.45, 2.75) is 25.4 Å². The van der Waals surface area contributed by atoms with Crippen molar-refractivity contribution in [3.05, 3.63) is 35.4 Å². The van der Waals surface area contributed by atoms with Gasteiger partial charge in [-0.25, -0.2) is 4.99 Å². The summed E-state index contributed by atoms with van der Waals surface area (Å²) in [4.78, 5) is 8.79. The first-order valence-corrected chi connectivity index (χ1v) is 5.74. The lowest BCUT2D eigenvalue weighted by Crippen LogP contribution is -2.41. The van der Waals surface area contributed by atoms with E-state index < -0.39 is 0 Å². The fourth-order valence-corrected chi connectivity index (χ4v) is 2.44. The van der Waals surface area contributed by atoms with Gasteiger partial charge in [0.25, 0.3) is 0 Å². The molecular formula is C13H15N3. The van der Waals surface area contributed by atoms with Crippen LogP contribution in [0.5, 0.6) is 0 Å². The molecule has 0 spiro atoms. The average Bonchev–Trinajstić information content (AvgIpc) is 2.76. The van der Waals surface area contributed by atoms with E-state index in [0.717, 1.165) is 13.0 Å². The quantitative estimate of drug-likeness (QED) is 0.759. The Hall–Kier alpha value is -1.48. The van der Waals surface area contributed by atoms with Gasteiger partial charge in [0.2, 0.25) is 0 Å². The molecule has 2 unspecified atom stereocenters. The van der Waals surface area contributed by atoms with Gasteiger partial charge in [-0.05, 0) is 25.5 Å². The normalized spacial score (nSPS) is 27.7. The number of aliphatic imine (C=N–C) groups is 2. The monoisotopic (exact) mass is 213 g/mol. The van der Waals surface area contributed by atoms with Crippen LogP contribution < -0.4 is 5.32 Å². The highest BCUT2D eigenvalue weighted by atomic mass is 15.1. The van der Waals surface area contributed by atoms with Crippen molar-refractivity contribution >= 4 is 12.1 Å². The molecule has 2 heterocycles. The highest BCUT2D eigenvalue weighted by molar-refractivity contribution is 6.03. The molecule has 16 heavy (non-hydrogen) atoms. The molecule has 3 rings (SSSR count). The van der Waals surface area contributed by atoms with E-state index in [1.165, 1.54) is 16.8 Å². The zero-order valence-electron chi connectivity index (χ0n) is 9.35.